The first-order chi connectivity index (χ1) is 13.5. The van der Waals surface area contributed by atoms with Gasteiger partial charge in [-0.15, -0.1) is 0 Å². The third-order valence-corrected chi connectivity index (χ3v) is 6.30. The van der Waals surface area contributed by atoms with Gasteiger partial charge in [-0.1, -0.05) is 24.1 Å². The maximum Gasteiger partial charge on any atom is 0.255 e. The Balaban J connectivity index is 1.48. The molecule has 1 saturated heterocycles. The molecule has 2 fully saturated rings. The number of hydrogen-bond donors (Lipinski definition) is 0. The van der Waals surface area contributed by atoms with Gasteiger partial charge in [0.2, 0.25) is 5.91 Å². The number of rotatable bonds is 3. The molecule has 0 spiro atoms. The SMILES string of the molecule is Cc1cc(C(=O)N2CCN(C(=O)C3CCC3)CC2)c(C)n1-c1cccc(Cl)c1. The van der Waals surface area contributed by atoms with Gasteiger partial charge in [0.1, 0.15) is 0 Å². The second-order valence-electron chi connectivity index (χ2n) is 7.85. The average Bonchev–Trinajstić information content (AvgIpc) is 2.94. The summed E-state index contributed by atoms with van der Waals surface area (Å²) in [4.78, 5) is 29.4. The van der Waals surface area contributed by atoms with Crippen LogP contribution < -0.4 is 0 Å². The van der Waals surface area contributed by atoms with Crippen LogP contribution in [0.25, 0.3) is 5.69 Å². The standard InChI is InChI=1S/C22H26ClN3O2/c1-15-13-20(16(2)26(15)19-8-4-7-18(23)14-19)22(28)25-11-9-24(10-12-25)21(27)17-5-3-6-17/h4,7-8,13-14,17H,3,5-6,9-12H2,1-2H3. The Kier molecular flexibility index (Phi) is 5.19. The molecule has 1 saturated carbocycles. The maximum absolute atomic E-state index is 13.1. The summed E-state index contributed by atoms with van der Waals surface area (Å²) in [6.07, 6.45) is 3.21. The van der Waals surface area contributed by atoms with Gasteiger partial charge in [-0.05, 0) is 51.0 Å². The summed E-state index contributed by atoms with van der Waals surface area (Å²) in [6.45, 7) is 6.43. The van der Waals surface area contributed by atoms with Crippen molar-refractivity contribution in [1.29, 1.82) is 0 Å². The molecule has 2 aliphatic rings. The van der Waals surface area contributed by atoms with Crippen LogP contribution in [0.5, 0.6) is 0 Å². The van der Waals surface area contributed by atoms with Crippen LogP contribution in [0.4, 0.5) is 0 Å². The van der Waals surface area contributed by atoms with Crippen LogP contribution in [-0.2, 0) is 4.79 Å². The van der Waals surface area contributed by atoms with Crippen molar-refractivity contribution in [1.82, 2.24) is 14.4 Å². The zero-order valence-electron chi connectivity index (χ0n) is 16.4. The molecular weight excluding hydrogens is 374 g/mol. The lowest BCUT2D eigenvalue weighted by atomic mass is 9.84. The molecule has 2 aromatic rings. The van der Waals surface area contributed by atoms with Crippen molar-refractivity contribution in [2.45, 2.75) is 33.1 Å². The van der Waals surface area contributed by atoms with Gasteiger partial charge in [0.15, 0.2) is 0 Å². The summed E-state index contributed by atoms with van der Waals surface area (Å²) in [6, 6.07) is 9.60. The van der Waals surface area contributed by atoms with Crippen LogP contribution >= 0.6 is 11.6 Å². The van der Waals surface area contributed by atoms with Gasteiger partial charge < -0.3 is 14.4 Å². The predicted octanol–water partition coefficient (Wildman–Crippen LogP) is 3.83. The molecule has 0 bridgehead atoms. The molecule has 0 atom stereocenters. The third-order valence-electron chi connectivity index (χ3n) is 6.06. The van der Waals surface area contributed by atoms with E-state index in [9.17, 15) is 9.59 Å². The molecule has 0 radical (unpaired) electrons. The molecule has 148 valence electrons. The van der Waals surface area contributed by atoms with E-state index in [1.807, 2.05) is 54.0 Å². The topological polar surface area (TPSA) is 45.6 Å². The minimum Gasteiger partial charge on any atom is -0.339 e. The monoisotopic (exact) mass is 399 g/mol. The first-order valence-corrected chi connectivity index (χ1v) is 10.4. The fourth-order valence-corrected chi connectivity index (χ4v) is 4.39. The number of nitrogens with zero attached hydrogens (tertiary/aromatic N) is 3. The van der Waals surface area contributed by atoms with Crippen LogP contribution in [0.1, 0.15) is 41.0 Å². The van der Waals surface area contributed by atoms with Gasteiger partial charge in [-0.3, -0.25) is 9.59 Å². The lowest BCUT2D eigenvalue weighted by molar-refractivity contribution is -0.139. The second kappa shape index (κ2) is 7.63. The molecule has 2 amide bonds. The van der Waals surface area contributed by atoms with Crippen molar-refractivity contribution < 1.29 is 9.59 Å². The summed E-state index contributed by atoms with van der Waals surface area (Å²) < 4.78 is 2.06. The van der Waals surface area contributed by atoms with E-state index in [-0.39, 0.29) is 17.7 Å². The molecule has 1 aliphatic heterocycles. The molecule has 2 heterocycles. The van der Waals surface area contributed by atoms with E-state index < -0.39 is 0 Å². The molecule has 1 aromatic carbocycles. The Morgan fingerprint density at radius 3 is 2.29 bits per heavy atom. The number of amides is 2. The number of hydrogen-bond acceptors (Lipinski definition) is 2. The van der Waals surface area contributed by atoms with E-state index in [1.54, 1.807) is 0 Å². The Bertz CT molecular complexity index is 909. The first kappa shape index (κ1) is 19.1. The number of carbonyl (C=O) groups excluding carboxylic acids is 2. The average molecular weight is 400 g/mol. The summed E-state index contributed by atoms with van der Waals surface area (Å²) in [7, 11) is 0. The van der Waals surface area contributed by atoms with Gasteiger partial charge in [-0.25, -0.2) is 0 Å². The van der Waals surface area contributed by atoms with Gasteiger partial charge in [0, 0.05) is 54.2 Å². The highest BCUT2D eigenvalue weighted by atomic mass is 35.5. The lowest BCUT2D eigenvalue weighted by Crippen LogP contribution is -2.52. The van der Waals surface area contributed by atoms with Crippen LogP contribution in [-0.4, -0.2) is 52.4 Å². The first-order valence-electron chi connectivity index (χ1n) is 9.98. The van der Waals surface area contributed by atoms with E-state index in [2.05, 4.69) is 4.57 Å². The number of aryl methyl sites for hydroxylation is 1. The predicted molar refractivity (Wildman–Crippen MR) is 110 cm³/mol. The number of piperazine rings is 1. The van der Waals surface area contributed by atoms with Gasteiger partial charge in [0.05, 0.1) is 5.56 Å². The minimum atomic E-state index is 0.0390. The molecule has 0 unspecified atom stereocenters. The van der Waals surface area contributed by atoms with Crippen molar-refractivity contribution >= 4 is 23.4 Å². The minimum absolute atomic E-state index is 0.0390. The summed E-state index contributed by atoms with van der Waals surface area (Å²) >= 11 is 6.15. The highest BCUT2D eigenvalue weighted by molar-refractivity contribution is 6.30. The lowest BCUT2D eigenvalue weighted by Gasteiger charge is -2.38. The van der Waals surface area contributed by atoms with Crippen molar-refractivity contribution in [3.63, 3.8) is 0 Å². The van der Waals surface area contributed by atoms with E-state index in [1.165, 1.54) is 0 Å². The van der Waals surface area contributed by atoms with Crippen LogP contribution in [0.15, 0.2) is 30.3 Å². The van der Waals surface area contributed by atoms with Crippen LogP contribution in [0, 0.1) is 19.8 Å². The van der Waals surface area contributed by atoms with Gasteiger partial charge >= 0.3 is 0 Å². The Hall–Kier alpha value is -2.27. The quantitative estimate of drug-likeness (QED) is 0.787. The molecule has 6 heteroatoms. The molecule has 1 aliphatic carbocycles. The summed E-state index contributed by atoms with van der Waals surface area (Å²) in [5, 5.41) is 0.671. The Morgan fingerprint density at radius 1 is 1.00 bits per heavy atom. The second-order valence-corrected chi connectivity index (χ2v) is 8.28. The summed E-state index contributed by atoms with van der Waals surface area (Å²) in [5.74, 6) is 0.536. The molecule has 0 N–H and O–H groups in total. The molecule has 4 rings (SSSR count). The van der Waals surface area contributed by atoms with E-state index in [0.717, 1.165) is 41.9 Å². The van der Waals surface area contributed by atoms with Crippen molar-refractivity contribution in [2.24, 2.45) is 5.92 Å². The number of carbonyl (C=O) groups is 2. The Labute approximate surface area is 170 Å². The molecular formula is C22H26ClN3O2. The molecule has 1 aromatic heterocycles. The van der Waals surface area contributed by atoms with E-state index >= 15 is 0 Å². The Morgan fingerprint density at radius 2 is 1.68 bits per heavy atom. The van der Waals surface area contributed by atoms with E-state index in [0.29, 0.717) is 31.2 Å². The highest BCUT2D eigenvalue weighted by Gasteiger charge is 2.32. The van der Waals surface area contributed by atoms with Crippen molar-refractivity contribution in [3.05, 3.63) is 52.3 Å². The normalized spacial score (nSPS) is 17.5. The fraction of sp³-hybridized carbons (Fsp3) is 0.455. The maximum atomic E-state index is 13.1. The summed E-state index contributed by atoms with van der Waals surface area (Å²) in [5.41, 5.74) is 3.59. The third kappa shape index (κ3) is 3.44. The van der Waals surface area contributed by atoms with Crippen molar-refractivity contribution in [2.75, 3.05) is 26.2 Å². The van der Waals surface area contributed by atoms with E-state index in [4.69, 9.17) is 11.6 Å². The smallest absolute Gasteiger partial charge is 0.255 e. The van der Waals surface area contributed by atoms with Crippen LogP contribution in [0.3, 0.4) is 0 Å². The fourth-order valence-electron chi connectivity index (χ4n) is 4.21. The van der Waals surface area contributed by atoms with Crippen LogP contribution in [0.2, 0.25) is 5.02 Å². The molecule has 5 nitrogen and oxygen atoms in total. The van der Waals surface area contributed by atoms with Gasteiger partial charge in [-0.2, -0.15) is 0 Å². The number of halogens is 1. The van der Waals surface area contributed by atoms with Gasteiger partial charge in [0.25, 0.3) is 5.91 Å². The zero-order valence-corrected chi connectivity index (χ0v) is 17.2. The molecule has 28 heavy (non-hydrogen) atoms. The highest BCUT2D eigenvalue weighted by Crippen LogP contribution is 2.29. The number of aromatic nitrogens is 1. The number of benzene rings is 1. The van der Waals surface area contributed by atoms with Crippen molar-refractivity contribution in [3.8, 4) is 5.69 Å². The zero-order chi connectivity index (χ0) is 19.8. The largest absolute Gasteiger partial charge is 0.339 e.